The Morgan fingerprint density at radius 3 is 2.50 bits per heavy atom. The molecule has 0 spiro atoms. The van der Waals surface area contributed by atoms with Crippen molar-refractivity contribution in [1.29, 1.82) is 0 Å². The highest BCUT2D eigenvalue weighted by Gasteiger charge is 2.18. The van der Waals surface area contributed by atoms with E-state index in [1.54, 1.807) is 0 Å². The average molecular weight is 212 g/mol. The van der Waals surface area contributed by atoms with Gasteiger partial charge in [-0.3, -0.25) is 0 Å². The zero-order chi connectivity index (χ0) is 10.6. The second kappa shape index (κ2) is 4.81. The SMILES string of the molecule is CC(C)(CCN)Cc1ccccc1Cl. The average Bonchev–Trinajstić information content (AvgIpc) is 2.08. The third-order valence-corrected chi connectivity index (χ3v) is 2.82. The molecule has 0 aliphatic carbocycles. The molecule has 0 unspecified atom stereocenters. The van der Waals surface area contributed by atoms with Crippen LogP contribution in [0.2, 0.25) is 5.02 Å². The summed E-state index contributed by atoms with van der Waals surface area (Å²) in [6, 6.07) is 8.01. The minimum absolute atomic E-state index is 0.236. The van der Waals surface area contributed by atoms with Crippen LogP contribution < -0.4 is 5.73 Å². The Balaban J connectivity index is 2.73. The predicted octanol–water partition coefficient (Wildman–Crippen LogP) is 3.26. The molecule has 14 heavy (non-hydrogen) atoms. The summed E-state index contributed by atoms with van der Waals surface area (Å²) < 4.78 is 0. The Labute approximate surface area is 91.3 Å². The molecule has 2 heteroatoms. The normalized spacial score (nSPS) is 11.7. The summed E-state index contributed by atoms with van der Waals surface area (Å²) in [4.78, 5) is 0. The van der Waals surface area contributed by atoms with Gasteiger partial charge in [0, 0.05) is 5.02 Å². The molecule has 1 nitrogen and oxygen atoms in total. The van der Waals surface area contributed by atoms with Gasteiger partial charge in [0.05, 0.1) is 0 Å². The fourth-order valence-electron chi connectivity index (χ4n) is 1.64. The topological polar surface area (TPSA) is 26.0 Å². The predicted molar refractivity (Wildman–Crippen MR) is 62.6 cm³/mol. The van der Waals surface area contributed by atoms with Crippen LogP contribution in [0, 0.1) is 5.41 Å². The van der Waals surface area contributed by atoms with Gasteiger partial charge in [0.25, 0.3) is 0 Å². The van der Waals surface area contributed by atoms with Crippen molar-refractivity contribution in [2.24, 2.45) is 11.1 Å². The minimum atomic E-state index is 0.236. The van der Waals surface area contributed by atoms with Crippen molar-refractivity contribution in [2.75, 3.05) is 6.54 Å². The number of benzene rings is 1. The molecule has 0 amide bonds. The highest BCUT2D eigenvalue weighted by molar-refractivity contribution is 6.31. The molecule has 0 aliphatic rings. The first-order chi connectivity index (χ1) is 6.55. The Morgan fingerprint density at radius 1 is 1.29 bits per heavy atom. The first-order valence-electron chi connectivity index (χ1n) is 4.99. The zero-order valence-electron chi connectivity index (χ0n) is 8.89. The lowest BCUT2D eigenvalue weighted by Gasteiger charge is -2.24. The molecule has 0 saturated carbocycles. The number of nitrogens with two attached hydrogens (primary N) is 1. The maximum atomic E-state index is 6.10. The molecule has 0 heterocycles. The molecule has 1 aromatic rings. The van der Waals surface area contributed by atoms with Gasteiger partial charge in [0.1, 0.15) is 0 Å². The number of rotatable bonds is 4. The van der Waals surface area contributed by atoms with E-state index in [4.69, 9.17) is 17.3 Å². The van der Waals surface area contributed by atoms with Gasteiger partial charge >= 0.3 is 0 Å². The van der Waals surface area contributed by atoms with Gasteiger partial charge in [-0.05, 0) is 36.4 Å². The van der Waals surface area contributed by atoms with E-state index in [0.717, 1.165) is 24.4 Å². The smallest absolute Gasteiger partial charge is 0.0438 e. The van der Waals surface area contributed by atoms with Crippen LogP contribution in [0.15, 0.2) is 24.3 Å². The van der Waals surface area contributed by atoms with Crippen LogP contribution in [0.1, 0.15) is 25.8 Å². The monoisotopic (exact) mass is 211 g/mol. The molecule has 0 aromatic heterocycles. The molecule has 1 aromatic carbocycles. The maximum Gasteiger partial charge on any atom is 0.0438 e. The lowest BCUT2D eigenvalue weighted by Crippen LogP contribution is -2.19. The molecule has 1 rings (SSSR count). The van der Waals surface area contributed by atoms with Crippen molar-refractivity contribution < 1.29 is 0 Å². The molecule has 0 bridgehead atoms. The van der Waals surface area contributed by atoms with Crippen molar-refractivity contribution in [2.45, 2.75) is 26.7 Å². The summed E-state index contributed by atoms with van der Waals surface area (Å²) in [5, 5.41) is 0.859. The molecule has 2 N–H and O–H groups in total. The highest BCUT2D eigenvalue weighted by atomic mass is 35.5. The third kappa shape index (κ3) is 3.32. The van der Waals surface area contributed by atoms with Gasteiger partial charge in [-0.1, -0.05) is 43.6 Å². The van der Waals surface area contributed by atoms with E-state index in [0.29, 0.717) is 0 Å². The van der Waals surface area contributed by atoms with Gasteiger partial charge < -0.3 is 5.73 Å². The summed E-state index contributed by atoms with van der Waals surface area (Å²) in [6.07, 6.45) is 2.02. The Kier molecular flexibility index (Phi) is 3.97. The zero-order valence-corrected chi connectivity index (χ0v) is 9.64. The third-order valence-electron chi connectivity index (χ3n) is 2.45. The maximum absolute atomic E-state index is 6.10. The lowest BCUT2D eigenvalue weighted by atomic mass is 9.83. The highest BCUT2D eigenvalue weighted by Crippen LogP contribution is 2.28. The fourth-order valence-corrected chi connectivity index (χ4v) is 1.84. The first-order valence-corrected chi connectivity index (χ1v) is 5.36. The molecule has 0 atom stereocenters. The fraction of sp³-hybridized carbons (Fsp3) is 0.500. The van der Waals surface area contributed by atoms with E-state index in [1.807, 2.05) is 18.2 Å². The van der Waals surface area contributed by atoms with Gasteiger partial charge in [-0.2, -0.15) is 0 Å². The van der Waals surface area contributed by atoms with Crippen LogP contribution >= 0.6 is 11.6 Å². The van der Waals surface area contributed by atoms with Gasteiger partial charge in [0.15, 0.2) is 0 Å². The van der Waals surface area contributed by atoms with Gasteiger partial charge in [-0.15, -0.1) is 0 Å². The quantitative estimate of drug-likeness (QED) is 0.813. The second-order valence-electron chi connectivity index (χ2n) is 4.47. The Bertz CT molecular complexity index is 294. The number of halogens is 1. The largest absolute Gasteiger partial charge is 0.330 e. The molecular weight excluding hydrogens is 194 g/mol. The molecule has 0 radical (unpaired) electrons. The van der Waals surface area contributed by atoms with Crippen molar-refractivity contribution in [3.05, 3.63) is 34.9 Å². The van der Waals surface area contributed by atoms with Crippen LogP contribution in [0.5, 0.6) is 0 Å². The summed E-state index contributed by atoms with van der Waals surface area (Å²) >= 11 is 6.10. The van der Waals surface area contributed by atoms with Crippen LogP contribution in [-0.4, -0.2) is 6.54 Å². The molecule has 0 fully saturated rings. The van der Waals surface area contributed by atoms with Crippen molar-refractivity contribution in [3.8, 4) is 0 Å². The summed E-state index contributed by atoms with van der Waals surface area (Å²) in [5.74, 6) is 0. The Morgan fingerprint density at radius 2 is 1.93 bits per heavy atom. The van der Waals surface area contributed by atoms with Crippen LogP contribution in [0.4, 0.5) is 0 Å². The Hall–Kier alpha value is -0.530. The van der Waals surface area contributed by atoms with E-state index >= 15 is 0 Å². The van der Waals surface area contributed by atoms with E-state index in [1.165, 1.54) is 5.56 Å². The van der Waals surface area contributed by atoms with E-state index < -0.39 is 0 Å². The standard InChI is InChI=1S/C12H18ClN/c1-12(2,7-8-14)9-10-5-3-4-6-11(10)13/h3-6H,7-9,14H2,1-2H3. The van der Waals surface area contributed by atoms with Crippen molar-refractivity contribution in [1.82, 2.24) is 0 Å². The van der Waals surface area contributed by atoms with Crippen molar-refractivity contribution in [3.63, 3.8) is 0 Å². The lowest BCUT2D eigenvalue weighted by molar-refractivity contribution is 0.339. The molecular formula is C12H18ClN. The second-order valence-corrected chi connectivity index (χ2v) is 4.88. The summed E-state index contributed by atoms with van der Waals surface area (Å²) in [7, 11) is 0. The van der Waals surface area contributed by atoms with E-state index in [9.17, 15) is 0 Å². The molecule has 0 saturated heterocycles. The minimum Gasteiger partial charge on any atom is -0.330 e. The van der Waals surface area contributed by atoms with E-state index in [-0.39, 0.29) is 5.41 Å². The number of hydrogen-bond acceptors (Lipinski definition) is 1. The van der Waals surface area contributed by atoms with E-state index in [2.05, 4.69) is 19.9 Å². The summed E-state index contributed by atoms with van der Waals surface area (Å²) in [5.41, 5.74) is 7.02. The summed E-state index contributed by atoms with van der Waals surface area (Å²) in [6.45, 7) is 5.18. The number of hydrogen-bond donors (Lipinski definition) is 1. The molecule has 0 aliphatic heterocycles. The van der Waals surface area contributed by atoms with Crippen LogP contribution in [-0.2, 0) is 6.42 Å². The van der Waals surface area contributed by atoms with Gasteiger partial charge in [0.2, 0.25) is 0 Å². The molecule has 78 valence electrons. The van der Waals surface area contributed by atoms with Crippen molar-refractivity contribution >= 4 is 11.6 Å². The first kappa shape index (κ1) is 11.5. The van der Waals surface area contributed by atoms with Crippen LogP contribution in [0.25, 0.3) is 0 Å². The van der Waals surface area contributed by atoms with Crippen LogP contribution in [0.3, 0.4) is 0 Å². The van der Waals surface area contributed by atoms with Gasteiger partial charge in [-0.25, -0.2) is 0 Å².